The van der Waals surface area contributed by atoms with Crippen molar-refractivity contribution in [2.24, 2.45) is 11.3 Å². The lowest BCUT2D eigenvalue weighted by atomic mass is 9.91. The molecule has 0 saturated heterocycles. The Labute approximate surface area is 223 Å². The molecule has 0 aliphatic carbocycles. The van der Waals surface area contributed by atoms with E-state index >= 15 is 0 Å². The molecule has 4 nitrogen and oxygen atoms in total. The lowest BCUT2D eigenvalue weighted by Gasteiger charge is -2.42. The van der Waals surface area contributed by atoms with Crippen LogP contribution in [0, 0.1) is 11.3 Å². The maximum atomic E-state index is 14.3. The van der Waals surface area contributed by atoms with Crippen LogP contribution in [-0.2, 0) is 29.7 Å². The van der Waals surface area contributed by atoms with Crippen LogP contribution in [0.4, 0.5) is 74.6 Å². The third kappa shape index (κ3) is 6.64. The Kier molecular flexibility index (Phi) is 10.7. The monoisotopic (exact) mass is 687 g/mol. The van der Waals surface area contributed by atoms with Crippen LogP contribution in [0.2, 0.25) is 0 Å². The van der Waals surface area contributed by atoms with Gasteiger partial charge in [0.05, 0.1) is 0 Å². The summed E-state index contributed by atoms with van der Waals surface area (Å²) < 4.78 is 256. The molecular formula is C18H20F17O4S2+. The van der Waals surface area contributed by atoms with E-state index in [4.69, 9.17) is 0 Å². The normalized spacial score (nSPS) is 16.8. The average molecular weight is 687 g/mol. The molecule has 0 amide bonds. The van der Waals surface area contributed by atoms with Crippen molar-refractivity contribution in [3.05, 3.63) is 0 Å². The minimum Gasteiger partial charge on any atom is -0.294 e. The van der Waals surface area contributed by atoms with Crippen LogP contribution in [0.3, 0.4) is 0 Å². The fourth-order valence-electron chi connectivity index (χ4n) is 2.38. The molecule has 0 spiro atoms. The number of carbonyl (C=O) groups excluding carboxylic acids is 1. The quantitative estimate of drug-likeness (QED) is 0.153. The smallest absolute Gasteiger partial charge is 0.294 e. The first-order valence-corrected chi connectivity index (χ1v) is 13.2. The van der Waals surface area contributed by atoms with Gasteiger partial charge in [-0.05, 0) is 3.63 Å². The zero-order valence-corrected chi connectivity index (χ0v) is 22.5. The zero-order chi connectivity index (χ0) is 33.9. The molecule has 1 atom stereocenters. The van der Waals surface area contributed by atoms with Gasteiger partial charge in [0.15, 0.2) is 17.0 Å². The van der Waals surface area contributed by atoms with E-state index in [2.05, 4.69) is 3.63 Å². The summed E-state index contributed by atoms with van der Waals surface area (Å²) in [7, 11) is -7.73. The number of alkyl halides is 17. The lowest BCUT2D eigenvalue weighted by molar-refractivity contribution is -0.458. The minimum absolute atomic E-state index is 0.810. The van der Waals surface area contributed by atoms with Crippen molar-refractivity contribution < 1.29 is 91.5 Å². The van der Waals surface area contributed by atoms with Crippen LogP contribution in [0.1, 0.15) is 34.6 Å². The second kappa shape index (κ2) is 11.0. The topological polar surface area (TPSA) is 60.4 Å². The Bertz CT molecular complexity index is 1060. The number of carbonyl (C=O) groups is 1. The first kappa shape index (κ1) is 39.7. The summed E-state index contributed by atoms with van der Waals surface area (Å²) >= 11 is -2.77. The highest BCUT2D eigenvalue weighted by atomic mass is 32.3. The number of hydrogen-bond acceptors (Lipinski definition) is 4. The SMILES string of the molecule is CC(C)C(=O)C[S+](CC(C)(C)C)OS(=O)(=O)C(F)(F)C(F)(F)C(F)(F)C(F)(F)C(F)(F)C(F)(F)C(F)(F)C(F)(F)F. The van der Waals surface area contributed by atoms with Gasteiger partial charge in [-0.25, -0.2) is 0 Å². The molecule has 0 saturated carbocycles. The van der Waals surface area contributed by atoms with Crippen LogP contribution in [-0.4, -0.2) is 72.7 Å². The fraction of sp³-hybridized carbons (Fsp3) is 0.944. The van der Waals surface area contributed by atoms with Crippen molar-refractivity contribution in [2.75, 3.05) is 11.5 Å². The molecule has 0 N–H and O–H groups in total. The molecule has 0 aliphatic rings. The number of Topliss-reactive ketones (excluding diaryl/α,β-unsaturated/α-hetero) is 1. The van der Waals surface area contributed by atoms with Gasteiger partial charge in [0.1, 0.15) is 5.75 Å². The van der Waals surface area contributed by atoms with Crippen molar-refractivity contribution in [2.45, 2.75) is 81.6 Å². The predicted molar refractivity (Wildman–Crippen MR) is 107 cm³/mol. The highest BCUT2D eigenvalue weighted by Gasteiger charge is 2.96. The molecule has 246 valence electrons. The Balaban J connectivity index is 6.96. The minimum atomic E-state index is -8.93. The molecule has 1 unspecified atom stereocenters. The van der Waals surface area contributed by atoms with Crippen LogP contribution < -0.4 is 0 Å². The van der Waals surface area contributed by atoms with Crippen LogP contribution >= 0.6 is 0 Å². The second-order valence-corrected chi connectivity index (χ2v) is 13.3. The summed E-state index contributed by atoms with van der Waals surface area (Å²) in [5.74, 6) is -56.2. The van der Waals surface area contributed by atoms with Gasteiger partial charge in [-0.2, -0.15) is 83.1 Å². The van der Waals surface area contributed by atoms with Crippen LogP contribution in [0.25, 0.3) is 0 Å². The van der Waals surface area contributed by atoms with E-state index in [1.165, 1.54) is 20.8 Å². The van der Waals surface area contributed by atoms with Gasteiger partial charge in [-0.3, -0.25) is 4.79 Å². The number of ketones is 1. The van der Waals surface area contributed by atoms with Gasteiger partial charge in [0, 0.05) is 11.3 Å². The first-order valence-electron chi connectivity index (χ1n) is 10.3. The molecule has 41 heavy (non-hydrogen) atoms. The molecule has 0 aromatic heterocycles. The van der Waals surface area contributed by atoms with Gasteiger partial charge in [-0.15, -0.1) is 0 Å². The Hall–Kier alpha value is -1.26. The summed E-state index contributed by atoms with van der Waals surface area (Å²) in [5, 5.41) is -7.78. The molecule has 0 bridgehead atoms. The molecule has 23 heteroatoms. The number of rotatable bonds is 13. The summed E-state index contributed by atoms with van der Waals surface area (Å²) in [5.41, 5.74) is -1.22. The van der Waals surface area contributed by atoms with Gasteiger partial charge >= 0.3 is 57.1 Å². The summed E-state index contributed by atoms with van der Waals surface area (Å²) in [6.45, 7) is 5.94. The van der Waals surface area contributed by atoms with Crippen molar-refractivity contribution in [3.8, 4) is 0 Å². The highest BCUT2D eigenvalue weighted by Crippen LogP contribution is 2.64. The van der Waals surface area contributed by atoms with Crippen molar-refractivity contribution in [1.82, 2.24) is 0 Å². The van der Waals surface area contributed by atoms with E-state index in [1.807, 2.05) is 0 Å². The molecule has 0 radical (unpaired) electrons. The molecule has 0 fully saturated rings. The second-order valence-electron chi connectivity index (χ2n) is 9.89. The van der Waals surface area contributed by atoms with E-state index in [0.717, 1.165) is 13.8 Å². The summed E-state index contributed by atoms with van der Waals surface area (Å²) in [6, 6.07) is 0. The van der Waals surface area contributed by atoms with E-state index in [0.29, 0.717) is 0 Å². The van der Waals surface area contributed by atoms with E-state index in [1.54, 1.807) is 0 Å². The molecule has 0 aliphatic heterocycles. The molecule has 0 aromatic carbocycles. The maximum Gasteiger partial charge on any atom is 0.460 e. The third-order valence-corrected chi connectivity index (χ3v) is 8.90. The Morgan fingerprint density at radius 3 is 1.24 bits per heavy atom. The zero-order valence-electron chi connectivity index (χ0n) is 20.9. The van der Waals surface area contributed by atoms with Crippen molar-refractivity contribution in [3.63, 3.8) is 0 Å². The molecule has 0 heterocycles. The summed E-state index contributed by atoms with van der Waals surface area (Å²) in [4.78, 5) is 11.9. The maximum absolute atomic E-state index is 14.3. The van der Waals surface area contributed by atoms with Gasteiger partial charge in [0.25, 0.3) is 0 Å². The lowest BCUT2D eigenvalue weighted by Crippen LogP contribution is -2.75. The third-order valence-electron chi connectivity index (χ3n) is 4.73. The molecule has 0 aromatic rings. The van der Waals surface area contributed by atoms with E-state index in [9.17, 15) is 87.8 Å². The fourth-order valence-corrected chi connectivity index (χ4v) is 6.28. The Morgan fingerprint density at radius 1 is 0.634 bits per heavy atom. The van der Waals surface area contributed by atoms with Crippen molar-refractivity contribution >= 4 is 27.1 Å². The van der Waals surface area contributed by atoms with Crippen LogP contribution in [0.5, 0.6) is 0 Å². The number of halogens is 17. The van der Waals surface area contributed by atoms with Crippen molar-refractivity contribution in [1.29, 1.82) is 0 Å². The predicted octanol–water partition coefficient (Wildman–Crippen LogP) is 7.10. The first-order chi connectivity index (χ1) is 17.4. The van der Waals surface area contributed by atoms with Gasteiger partial charge < -0.3 is 0 Å². The highest BCUT2D eigenvalue weighted by molar-refractivity contribution is 8.03. The van der Waals surface area contributed by atoms with Gasteiger partial charge in [0.2, 0.25) is 5.75 Å². The average Bonchev–Trinajstić information content (AvgIpc) is 2.69. The van der Waals surface area contributed by atoms with Gasteiger partial charge in [-0.1, -0.05) is 34.6 Å². The Morgan fingerprint density at radius 2 is 0.951 bits per heavy atom. The van der Waals surface area contributed by atoms with Crippen LogP contribution in [0.15, 0.2) is 0 Å². The standard InChI is InChI=1S/C18H20F17O4S2/c1-8(2)9(36)6-40(7-10(3,4)5)39-41(37,38)18(34,35)16(29,30)14(25,26)12(21,22)11(19,20)13(23,24)15(27,28)17(31,32)33/h8H,6-7H2,1-5H3/q+1. The summed E-state index contributed by atoms with van der Waals surface area (Å²) in [6.07, 6.45) is -7.91. The number of hydrogen-bond donors (Lipinski definition) is 0. The molecule has 0 rings (SSSR count). The largest absolute Gasteiger partial charge is 0.460 e. The van der Waals surface area contributed by atoms with E-state index < -0.39 is 96.9 Å². The molecular weight excluding hydrogens is 667 g/mol. The van der Waals surface area contributed by atoms with E-state index in [-0.39, 0.29) is 0 Å².